The Morgan fingerprint density at radius 2 is 2.06 bits per heavy atom. The molecule has 1 atom stereocenters. The fourth-order valence-electron chi connectivity index (χ4n) is 2.45. The summed E-state index contributed by atoms with van der Waals surface area (Å²) in [6, 6.07) is 6.63. The number of hydrogen-bond acceptors (Lipinski definition) is 3. The van der Waals surface area contributed by atoms with Gasteiger partial charge < -0.3 is 16.0 Å². The maximum absolute atomic E-state index is 5.82. The molecule has 0 aliphatic carbocycles. The van der Waals surface area contributed by atoms with Gasteiger partial charge in [-0.15, -0.1) is 0 Å². The van der Waals surface area contributed by atoms with Crippen molar-refractivity contribution in [2.24, 2.45) is 0 Å². The topological polar surface area (TPSA) is 41.3 Å². The lowest BCUT2D eigenvalue weighted by atomic mass is 10.1. The molecule has 1 aromatic carbocycles. The summed E-state index contributed by atoms with van der Waals surface area (Å²) in [6.07, 6.45) is 2.71. The van der Waals surface area contributed by atoms with E-state index in [-0.39, 0.29) is 0 Å². The molecule has 1 unspecified atom stereocenters. The third-order valence-corrected chi connectivity index (χ3v) is 3.41. The van der Waals surface area contributed by atoms with Crippen LogP contribution in [0.3, 0.4) is 0 Å². The SMILES string of the molecule is Cc1cc(NC(C)CN2CCCC2)ccc1N. The molecule has 1 fully saturated rings. The van der Waals surface area contributed by atoms with Crippen molar-refractivity contribution in [2.75, 3.05) is 30.7 Å². The van der Waals surface area contributed by atoms with Gasteiger partial charge in [0.05, 0.1) is 0 Å². The predicted molar refractivity (Wildman–Crippen MR) is 74.4 cm³/mol. The third kappa shape index (κ3) is 3.37. The van der Waals surface area contributed by atoms with E-state index in [0.717, 1.165) is 17.8 Å². The fraction of sp³-hybridized carbons (Fsp3) is 0.571. The summed E-state index contributed by atoms with van der Waals surface area (Å²) in [5.41, 5.74) is 8.99. The highest BCUT2D eigenvalue weighted by Gasteiger charge is 2.14. The molecule has 0 saturated carbocycles. The number of anilines is 2. The summed E-state index contributed by atoms with van der Waals surface area (Å²) in [4.78, 5) is 2.53. The number of benzene rings is 1. The molecule has 3 N–H and O–H groups in total. The molecule has 1 aliphatic rings. The number of nitrogens with zero attached hydrogens (tertiary/aromatic N) is 1. The highest BCUT2D eigenvalue weighted by molar-refractivity contribution is 5.56. The maximum atomic E-state index is 5.82. The van der Waals surface area contributed by atoms with Crippen LogP contribution in [0.25, 0.3) is 0 Å². The van der Waals surface area contributed by atoms with Gasteiger partial charge in [-0.2, -0.15) is 0 Å². The van der Waals surface area contributed by atoms with Crippen molar-refractivity contribution in [3.8, 4) is 0 Å². The van der Waals surface area contributed by atoms with Gasteiger partial charge in [-0.05, 0) is 63.5 Å². The lowest BCUT2D eigenvalue weighted by molar-refractivity contribution is 0.328. The van der Waals surface area contributed by atoms with Crippen molar-refractivity contribution < 1.29 is 0 Å². The second kappa shape index (κ2) is 5.41. The molecule has 3 nitrogen and oxygen atoms in total. The Kier molecular flexibility index (Phi) is 3.89. The Morgan fingerprint density at radius 3 is 2.71 bits per heavy atom. The van der Waals surface area contributed by atoms with Gasteiger partial charge in [-0.1, -0.05) is 0 Å². The molecule has 0 bridgehead atoms. The number of nitrogens with two attached hydrogens (primary N) is 1. The van der Waals surface area contributed by atoms with Crippen LogP contribution < -0.4 is 11.1 Å². The molecule has 0 aromatic heterocycles. The van der Waals surface area contributed by atoms with Crippen molar-refractivity contribution >= 4 is 11.4 Å². The Hall–Kier alpha value is -1.22. The van der Waals surface area contributed by atoms with Crippen LogP contribution in [-0.4, -0.2) is 30.6 Å². The lowest BCUT2D eigenvalue weighted by Crippen LogP contribution is -2.32. The zero-order valence-electron chi connectivity index (χ0n) is 10.9. The van der Waals surface area contributed by atoms with Crippen LogP contribution in [0.2, 0.25) is 0 Å². The second-order valence-electron chi connectivity index (χ2n) is 5.12. The van der Waals surface area contributed by atoms with E-state index >= 15 is 0 Å². The maximum Gasteiger partial charge on any atom is 0.0360 e. The Balaban J connectivity index is 1.88. The van der Waals surface area contributed by atoms with Crippen molar-refractivity contribution in [1.82, 2.24) is 4.90 Å². The van der Waals surface area contributed by atoms with Crippen molar-refractivity contribution in [3.63, 3.8) is 0 Å². The van der Waals surface area contributed by atoms with E-state index in [9.17, 15) is 0 Å². The highest BCUT2D eigenvalue weighted by Crippen LogP contribution is 2.18. The molecule has 0 spiro atoms. The first-order valence-electron chi connectivity index (χ1n) is 6.50. The zero-order chi connectivity index (χ0) is 12.3. The standard InChI is InChI=1S/C14H23N3/c1-11-9-13(5-6-14(11)15)16-12(2)10-17-7-3-4-8-17/h5-6,9,12,16H,3-4,7-8,10,15H2,1-2H3. The molecule has 1 saturated heterocycles. The van der Waals surface area contributed by atoms with Gasteiger partial charge in [0.1, 0.15) is 0 Å². The lowest BCUT2D eigenvalue weighted by Gasteiger charge is -2.22. The van der Waals surface area contributed by atoms with Gasteiger partial charge in [0, 0.05) is 24.0 Å². The van der Waals surface area contributed by atoms with Gasteiger partial charge in [0.15, 0.2) is 0 Å². The minimum Gasteiger partial charge on any atom is -0.399 e. The first kappa shape index (κ1) is 12.2. The molecule has 0 amide bonds. The largest absolute Gasteiger partial charge is 0.399 e. The van der Waals surface area contributed by atoms with Gasteiger partial charge in [-0.3, -0.25) is 0 Å². The van der Waals surface area contributed by atoms with Crippen LogP contribution in [0.4, 0.5) is 11.4 Å². The van der Waals surface area contributed by atoms with Crippen LogP contribution in [0, 0.1) is 6.92 Å². The summed E-state index contributed by atoms with van der Waals surface area (Å²) in [6.45, 7) is 7.93. The number of aryl methyl sites for hydroxylation is 1. The van der Waals surface area contributed by atoms with Gasteiger partial charge >= 0.3 is 0 Å². The second-order valence-corrected chi connectivity index (χ2v) is 5.12. The van der Waals surface area contributed by atoms with Crippen molar-refractivity contribution in [3.05, 3.63) is 23.8 Å². The van der Waals surface area contributed by atoms with E-state index in [1.54, 1.807) is 0 Å². The first-order chi connectivity index (χ1) is 8.15. The van der Waals surface area contributed by atoms with Crippen LogP contribution in [0.5, 0.6) is 0 Å². The molecule has 1 aliphatic heterocycles. The van der Waals surface area contributed by atoms with Crippen LogP contribution in [-0.2, 0) is 0 Å². The molecule has 3 heteroatoms. The highest BCUT2D eigenvalue weighted by atomic mass is 15.2. The summed E-state index contributed by atoms with van der Waals surface area (Å²) in [5, 5.41) is 3.54. The van der Waals surface area contributed by atoms with E-state index in [2.05, 4.69) is 29.3 Å². The van der Waals surface area contributed by atoms with E-state index in [4.69, 9.17) is 5.73 Å². The van der Waals surface area contributed by atoms with Crippen molar-refractivity contribution in [2.45, 2.75) is 32.7 Å². The molecule has 2 rings (SSSR count). The van der Waals surface area contributed by atoms with Crippen LogP contribution >= 0.6 is 0 Å². The summed E-state index contributed by atoms with van der Waals surface area (Å²) in [7, 11) is 0. The number of rotatable bonds is 4. The van der Waals surface area contributed by atoms with Gasteiger partial charge in [-0.25, -0.2) is 0 Å². The zero-order valence-corrected chi connectivity index (χ0v) is 10.9. The molecule has 0 radical (unpaired) electrons. The summed E-state index contributed by atoms with van der Waals surface area (Å²) < 4.78 is 0. The summed E-state index contributed by atoms with van der Waals surface area (Å²) in [5.74, 6) is 0. The van der Waals surface area contributed by atoms with E-state index in [1.807, 2.05) is 13.0 Å². The van der Waals surface area contributed by atoms with Crippen molar-refractivity contribution in [1.29, 1.82) is 0 Å². The minimum absolute atomic E-state index is 0.483. The average molecular weight is 233 g/mol. The van der Waals surface area contributed by atoms with Gasteiger partial charge in [0.2, 0.25) is 0 Å². The molecule has 1 aromatic rings. The molecular formula is C14H23N3. The summed E-state index contributed by atoms with van der Waals surface area (Å²) >= 11 is 0. The van der Waals surface area contributed by atoms with E-state index < -0.39 is 0 Å². The van der Waals surface area contributed by atoms with E-state index in [0.29, 0.717) is 6.04 Å². The Labute approximate surface area is 104 Å². The number of nitrogens with one attached hydrogen (secondary N) is 1. The normalized spacial score (nSPS) is 18.2. The van der Waals surface area contributed by atoms with Crippen LogP contribution in [0.1, 0.15) is 25.3 Å². The third-order valence-electron chi connectivity index (χ3n) is 3.41. The van der Waals surface area contributed by atoms with Gasteiger partial charge in [0.25, 0.3) is 0 Å². The smallest absolute Gasteiger partial charge is 0.0360 e. The Bertz CT molecular complexity index is 370. The molecular weight excluding hydrogens is 210 g/mol. The average Bonchev–Trinajstić information content (AvgIpc) is 2.76. The first-order valence-corrected chi connectivity index (χ1v) is 6.50. The monoisotopic (exact) mass is 233 g/mol. The van der Waals surface area contributed by atoms with E-state index in [1.165, 1.54) is 31.6 Å². The fourth-order valence-corrected chi connectivity index (χ4v) is 2.45. The molecule has 1 heterocycles. The Morgan fingerprint density at radius 1 is 1.35 bits per heavy atom. The predicted octanol–water partition coefficient (Wildman–Crippen LogP) is 2.47. The minimum atomic E-state index is 0.483. The number of hydrogen-bond donors (Lipinski definition) is 2. The quantitative estimate of drug-likeness (QED) is 0.785. The molecule has 94 valence electrons. The number of likely N-dealkylation sites (tertiary alicyclic amines) is 1. The van der Waals surface area contributed by atoms with Crippen LogP contribution in [0.15, 0.2) is 18.2 Å². The number of nitrogen functional groups attached to an aromatic ring is 1. The molecule has 17 heavy (non-hydrogen) atoms.